The maximum atomic E-state index is 12.3. The van der Waals surface area contributed by atoms with Gasteiger partial charge in [0.05, 0.1) is 7.11 Å². The molecule has 1 amide bonds. The fourth-order valence-corrected chi connectivity index (χ4v) is 2.91. The number of methoxy groups -OCH3 is 1. The van der Waals surface area contributed by atoms with E-state index in [2.05, 4.69) is 5.32 Å². The zero-order valence-electron chi connectivity index (χ0n) is 12.2. The number of ether oxygens (including phenoxy) is 1. The number of carbonyl (C=O) groups is 2. The van der Waals surface area contributed by atoms with Gasteiger partial charge < -0.3 is 19.6 Å². The summed E-state index contributed by atoms with van der Waals surface area (Å²) >= 11 is 0. The van der Waals surface area contributed by atoms with E-state index in [-0.39, 0.29) is 5.76 Å². The van der Waals surface area contributed by atoms with Crippen molar-refractivity contribution in [1.82, 2.24) is 5.32 Å². The van der Waals surface area contributed by atoms with E-state index < -0.39 is 17.4 Å². The van der Waals surface area contributed by atoms with E-state index in [1.807, 2.05) is 0 Å². The minimum atomic E-state index is -1.17. The Hall–Kier alpha value is -2.50. The second-order valence-electron chi connectivity index (χ2n) is 5.56. The van der Waals surface area contributed by atoms with Gasteiger partial charge in [-0.25, -0.2) is 4.79 Å². The first kappa shape index (κ1) is 14.4. The summed E-state index contributed by atoms with van der Waals surface area (Å²) in [5.74, 6) is -0.718. The zero-order chi connectivity index (χ0) is 15.7. The Balaban J connectivity index is 1.87. The highest BCUT2D eigenvalue weighted by Gasteiger charge is 2.43. The Morgan fingerprint density at radius 2 is 2.00 bits per heavy atom. The van der Waals surface area contributed by atoms with E-state index in [1.165, 1.54) is 0 Å². The Morgan fingerprint density at radius 1 is 1.27 bits per heavy atom. The molecule has 1 fully saturated rings. The van der Waals surface area contributed by atoms with Gasteiger partial charge in [0, 0.05) is 5.39 Å². The molecule has 0 atom stereocenters. The Labute approximate surface area is 127 Å². The van der Waals surface area contributed by atoms with Crippen LogP contribution in [-0.4, -0.2) is 29.6 Å². The number of hydrogen-bond acceptors (Lipinski definition) is 4. The SMILES string of the molecule is COc1ccc2oc(C(=O)NC3(C(=O)O)CCCC3)cc2c1. The molecule has 0 aliphatic heterocycles. The highest BCUT2D eigenvalue weighted by molar-refractivity contribution is 5.99. The van der Waals surface area contributed by atoms with Gasteiger partial charge in [-0.2, -0.15) is 0 Å². The van der Waals surface area contributed by atoms with Crippen LogP contribution < -0.4 is 10.1 Å². The molecule has 3 rings (SSSR count). The first-order valence-corrected chi connectivity index (χ1v) is 7.17. The summed E-state index contributed by atoms with van der Waals surface area (Å²) in [7, 11) is 1.56. The topological polar surface area (TPSA) is 88.8 Å². The van der Waals surface area contributed by atoms with Crippen LogP contribution >= 0.6 is 0 Å². The lowest BCUT2D eigenvalue weighted by molar-refractivity contribution is -0.144. The molecular weight excluding hydrogens is 286 g/mol. The van der Waals surface area contributed by atoms with E-state index in [1.54, 1.807) is 31.4 Å². The number of hydrogen-bond donors (Lipinski definition) is 2. The molecule has 0 unspecified atom stereocenters. The largest absolute Gasteiger partial charge is 0.497 e. The van der Waals surface area contributed by atoms with Crippen LogP contribution in [0.2, 0.25) is 0 Å². The number of nitrogens with one attached hydrogen (secondary N) is 1. The van der Waals surface area contributed by atoms with Gasteiger partial charge in [0.25, 0.3) is 5.91 Å². The summed E-state index contributed by atoms with van der Waals surface area (Å²) in [4.78, 5) is 23.8. The van der Waals surface area contributed by atoms with Crippen molar-refractivity contribution < 1.29 is 23.8 Å². The molecule has 6 nitrogen and oxygen atoms in total. The quantitative estimate of drug-likeness (QED) is 0.906. The van der Waals surface area contributed by atoms with Crippen LogP contribution in [0, 0.1) is 0 Å². The standard InChI is InChI=1S/C16H17NO5/c1-21-11-4-5-12-10(8-11)9-13(22-12)14(18)17-16(15(19)20)6-2-3-7-16/h4-5,8-9H,2-3,6-7H2,1H3,(H,17,18)(H,19,20). The van der Waals surface area contributed by atoms with E-state index in [4.69, 9.17) is 9.15 Å². The van der Waals surface area contributed by atoms with Crippen LogP contribution in [0.5, 0.6) is 5.75 Å². The summed E-state index contributed by atoms with van der Waals surface area (Å²) < 4.78 is 10.6. The fourth-order valence-electron chi connectivity index (χ4n) is 2.91. The van der Waals surface area contributed by atoms with E-state index in [0.29, 0.717) is 24.2 Å². The zero-order valence-corrected chi connectivity index (χ0v) is 12.2. The average Bonchev–Trinajstić information content (AvgIpc) is 3.13. The molecule has 0 radical (unpaired) electrons. The molecule has 1 aliphatic carbocycles. The maximum Gasteiger partial charge on any atom is 0.329 e. The lowest BCUT2D eigenvalue weighted by atomic mass is 9.98. The first-order valence-electron chi connectivity index (χ1n) is 7.17. The molecule has 116 valence electrons. The number of carboxylic acids is 1. The fraction of sp³-hybridized carbons (Fsp3) is 0.375. The highest BCUT2D eigenvalue weighted by atomic mass is 16.5. The van der Waals surface area contributed by atoms with E-state index >= 15 is 0 Å². The van der Waals surface area contributed by atoms with Crippen LogP contribution in [0.1, 0.15) is 36.2 Å². The minimum Gasteiger partial charge on any atom is -0.497 e. The van der Waals surface area contributed by atoms with Gasteiger partial charge in [-0.05, 0) is 37.1 Å². The summed E-state index contributed by atoms with van der Waals surface area (Å²) in [6, 6.07) is 6.81. The van der Waals surface area contributed by atoms with Crippen molar-refractivity contribution in [2.24, 2.45) is 0 Å². The third kappa shape index (κ3) is 2.41. The average molecular weight is 303 g/mol. The van der Waals surface area contributed by atoms with Crippen molar-refractivity contribution in [2.45, 2.75) is 31.2 Å². The number of carbonyl (C=O) groups excluding carboxylic acids is 1. The molecule has 1 saturated carbocycles. The van der Waals surface area contributed by atoms with Crippen LogP contribution in [0.4, 0.5) is 0 Å². The van der Waals surface area contributed by atoms with Crippen LogP contribution in [0.15, 0.2) is 28.7 Å². The molecule has 22 heavy (non-hydrogen) atoms. The summed E-state index contributed by atoms with van der Waals surface area (Å²) in [5.41, 5.74) is -0.616. The van der Waals surface area contributed by atoms with Gasteiger partial charge in [-0.15, -0.1) is 0 Å². The molecule has 2 aromatic rings. The van der Waals surface area contributed by atoms with Crippen LogP contribution in [-0.2, 0) is 4.79 Å². The monoisotopic (exact) mass is 303 g/mol. The van der Waals surface area contributed by atoms with Crippen molar-refractivity contribution >= 4 is 22.8 Å². The predicted molar refractivity (Wildman–Crippen MR) is 79.1 cm³/mol. The van der Waals surface area contributed by atoms with Gasteiger partial charge in [-0.3, -0.25) is 4.79 Å². The van der Waals surface area contributed by atoms with Crippen molar-refractivity contribution in [1.29, 1.82) is 0 Å². The smallest absolute Gasteiger partial charge is 0.329 e. The normalized spacial score (nSPS) is 16.6. The number of fused-ring (bicyclic) bond motifs is 1. The number of carboxylic acid groups (broad SMARTS) is 1. The predicted octanol–water partition coefficient (Wildman–Crippen LogP) is 2.57. The van der Waals surface area contributed by atoms with Crippen LogP contribution in [0.3, 0.4) is 0 Å². The molecule has 1 aliphatic rings. The van der Waals surface area contributed by atoms with Crippen molar-refractivity contribution in [3.63, 3.8) is 0 Å². The van der Waals surface area contributed by atoms with Gasteiger partial charge in [0.2, 0.25) is 0 Å². The summed E-state index contributed by atoms with van der Waals surface area (Å²) in [6.45, 7) is 0. The van der Waals surface area contributed by atoms with Gasteiger partial charge in [-0.1, -0.05) is 12.8 Å². The van der Waals surface area contributed by atoms with Crippen LogP contribution in [0.25, 0.3) is 11.0 Å². The number of amides is 1. The van der Waals surface area contributed by atoms with Crippen molar-refractivity contribution in [3.05, 3.63) is 30.0 Å². The summed E-state index contributed by atoms with van der Waals surface area (Å²) in [5, 5.41) is 12.8. The summed E-state index contributed by atoms with van der Waals surface area (Å²) in [6.07, 6.45) is 2.48. The molecule has 0 saturated heterocycles. The molecule has 6 heteroatoms. The third-order valence-electron chi connectivity index (χ3n) is 4.17. The number of benzene rings is 1. The van der Waals surface area contributed by atoms with Gasteiger partial charge in [0.15, 0.2) is 5.76 Å². The highest BCUT2D eigenvalue weighted by Crippen LogP contribution is 2.31. The molecule has 2 N–H and O–H groups in total. The van der Waals surface area contributed by atoms with Gasteiger partial charge >= 0.3 is 5.97 Å². The Bertz CT molecular complexity index is 727. The molecule has 0 spiro atoms. The first-order chi connectivity index (χ1) is 10.5. The van der Waals surface area contributed by atoms with Crippen molar-refractivity contribution in [3.8, 4) is 5.75 Å². The maximum absolute atomic E-state index is 12.3. The molecule has 1 heterocycles. The molecular formula is C16H17NO5. The van der Waals surface area contributed by atoms with Crippen molar-refractivity contribution in [2.75, 3.05) is 7.11 Å². The number of furan rings is 1. The van der Waals surface area contributed by atoms with Gasteiger partial charge in [0.1, 0.15) is 16.9 Å². The van der Waals surface area contributed by atoms with E-state index in [0.717, 1.165) is 18.2 Å². The minimum absolute atomic E-state index is 0.107. The Morgan fingerprint density at radius 3 is 2.64 bits per heavy atom. The molecule has 1 aromatic carbocycles. The lowest BCUT2D eigenvalue weighted by Crippen LogP contribution is -2.52. The second-order valence-corrected chi connectivity index (χ2v) is 5.56. The molecule has 1 aromatic heterocycles. The van der Waals surface area contributed by atoms with E-state index in [9.17, 15) is 14.7 Å². The second kappa shape index (κ2) is 5.36. The Kier molecular flexibility index (Phi) is 3.52. The lowest BCUT2D eigenvalue weighted by Gasteiger charge is -2.24. The number of rotatable bonds is 4. The third-order valence-corrected chi connectivity index (χ3v) is 4.17. The number of aliphatic carboxylic acids is 1. The molecule has 0 bridgehead atoms.